The summed E-state index contributed by atoms with van der Waals surface area (Å²) in [6, 6.07) is 19.2. The van der Waals surface area contributed by atoms with E-state index in [0.717, 1.165) is 19.4 Å². The average molecular weight is 359 g/mol. The molecule has 1 amide bonds. The minimum Gasteiger partial charge on any atom is -0.341 e. The van der Waals surface area contributed by atoms with Crippen molar-refractivity contribution >= 4 is 18.3 Å². The first-order valence-electron chi connectivity index (χ1n) is 8.77. The molecule has 2 aromatic carbocycles. The van der Waals surface area contributed by atoms with E-state index < -0.39 is 0 Å². The molecule has 1 aliphatic heterocycles. The van der Waals surface area contributed by atoms with Crippen LogP contribution in [0.1, 0.15) is 25.3 Å². The number of carbonyl (C=O) groups excluding carboxylic acids is 1. The number of amides is 1. The van der Waals surface area contributed by atoms with E-state index in [1.165, 1.54) is 16.7 Å². The highest BCUT2D eigenvalue weighted by Crippen LogP contribution is 2.25. The normalized spacial score (nSPS) is 19.8. The fourth-order valence-electron chi connectivity index (χ4n) is 3.56. The molecule has 1 fully saturated rings. The highest BCUT2D eigenvalue weighted by atomic mass is 35.5. The number of rotatable bonds is 4. The summed E-state index contributed by atoms with van der Waals surface area (Å²) in [5.41, 5.74) is 3.60. The minimum absolute atomic E-state index is 0. The average Bonchev–Trinajstić information content (AvgIpc) is 2.62. The molecular formula is C21H27ClN2O. The highest BCUT2D eigenvalue weighted by molar-refractivity contribution is 5.85. The third kappa shape index (κ3) is 4.83. The number of halogens is 1. The summed E-state index contributed by atoms with van der Waals surface area (Å²) in [5, 5.41) is 3.42. The maximum Gasteiger partial charge on any atom is 0.225 e. The highest BCUT2D eigenvalue weighted by Gasteiger charge is 2.27. The molecule has 0 aromatic heterocycles. The second-order valence-electron chi connectivity index (χ2n) is 6.79. The molecule has 0 bridgehead atoms. The molecular weight excluding hydrogens is 332 g/mol. The maximum atomic E-state index is 12.8. The molecule has 2 atom stereocenters. The number of nitrogens with zero attached hydrogens (tertiary/aromatic N) is 1. The van der Waals surface area contributed by atoms with Gasteiger partial charge in [-0.15, -0.1) is 12.4 Å². The molecule has 3 rings (SSSR count). The van der Waals surface area contributed by atoms with Gasteiger partial charge < -0.3 is 10.2 Å². The standard InChI is InChI=1S/C21H26N2O.ClH/c1-16-14-18(12-13-22-16)21(24)23(2)15-19-10-6-7-11-20(19)17-8-4-3-5-9-17;/h3-11,16,18,22H,12-15H2,1-2H3;1H/t16-,18-;/m0./s1. The number of hydrogen-bond acceptors (Lipinski definition) is 2. The molecule has 2 aromatic rings. The predicted molar refractivity (Wildman–Crippen MR) is 106 cm³/mol. The zero-order valence-corrected chi connectivity index (χ0v) is 15.8. The molecule has 0 unspecified atom stereocenters. The van der Waals surface area contributed by atoms with Crippen molar-refractivity contribution in [2.75, 3.05) is 13.6 Å². The van der Waals surface area contributed by atoms with E-state index >= 15 is 0 Å². The lowest BCUT2D eigenvalue weighted by molar-refractivity contribution is -0.135. The van der Waals surface area contributed by atoms with E-state index in [1.807, 2.05) is 24.1 Å². The van der Waals surface area contributed by atoms with Crippen LogP contribution < -0.4 is 5.32 Å². The van der Waals surface area contributed by atoms with Crippen molar-refractivity contribution in [2.24, 2.45) is 5.92 Å². The van der Waals surface area contributed by atoms with Crippen LogP contribution in [0.2, 0.25) is 0 Å². The van der Waals surface area contributed by atoms with Crippen molar-refractivity contribution in [2.45, 2.75) is 32.4 Å². The molecule has 134 valence electrons. The molecule has 0 spiro atoms. The lowest BCUT2D eigenvalue weighted by Crippen LogP contribution is -2.42. The van der Waals surface area contributed by atoms with Gasteiger partial charge in [-0.25, -0.2) is 0 Å². The Labute approximate surface area is 156 Å². The Morgan fingerprint density at radius 3 is 2.52 bits per heavy atom. The summed E-state index contributed by atoms with van der Waals surface area (Å²) in [5.74, 6) is 0.418. The van der Waals surface area contributed by atoms with Crippen molar-refractivity contribution in [1.82, 2.24) is 10.2 Å². The van der Waals surface area contributed by atoms with E-state index in [1.54, 1.807) is 0 Å². The van der Waals surface area contributed by atoms with Gasteiger partial charge in [-0.2, -0.15) is 0 Å². The lowest BCUT2D eigenvalue weighted by atomic mass is 9.91. The van der Waals surface area contributed by atoms with Crippen LogP contribution in [0.25, 0.3) is 11.1 Å². The van der Waals surface area contributed by atoms with Gasteiger partial charge in [0.2, 0.25) is 5.91 Å². The largest absolute Gasteiger partial charge is 0.341 e. The van der Waals surface area contributed by atoms with E-state index in [9.17, 15) is 4.79 Å². The molecule has 1 aliphatic rings. The summed E-state index contributed by atoms with van der Waals surface area (Å²) in [4.78, 5) is 14.7. The van der Waals surface area contributed by atoms with E-state index in [2.05, 4.69) is 54.7 Å². The van der Waals surface area contributed by atoms with Crippen LogP contribution in [-0.2, 0) is 11.3 Å². The van der Waals surface area contributed by atoms with Crippen LogP contribution >= 0.6 is 12.4 Å². The van der Waals surface area contributed by atoms with Crippen LogP contribution in [0.5, 0.6) is 0 Å². The van der Waals surface area contributed by atoms with E-state index in [0.29, 0.717) is 12.6 Å². The van der Waals surface area contributed by atoms with Gasteiger partial charge in [-0.1, -0.05) is 54.6 Å². The number of piperidine rings is 1. The van der Waals surface area contributed by atoms with E-state index in [4.69, 9.17) is 0 Å². The Hall–Kier alpha value is -1.84. The van der Waals surface area contributed by atoms with Gasteiger partial charge in [0.05, 0.1) is 0 Å². The molecule has 0 radical (unpaired) electrons. The molecule has 1 N–H and O–H groups in total. The zero-order valence-electron chi connectivity index (χ0n) is 14.9. The van der Waals surface area contributed by atoms with Gasteiger partial charge in [0.25, 0.3) is 0 Å². The van der Waals surface area contributed by atoms with Crippen LogP contribution in [0.3, 0.4) is 0 Å². The first-order chi connectivity index (χ1) is 11.6. The number of carbonyl (C=O) groups is 1. The van der Waals surface area contributed by atoms with Crippen LogP contribution in [-0.4, -0.2) is 30.4 Å². The van der Waals surface area contributed by atoms with Crippen molar-refractivity contribution < 1.29 is 4.79 Å². The predicted octanol–water partition coefficient (Wildman–Crippen LogP) is 4.12. The Balaban J connectivity index is 0.00000225. The minimum atomic E-state index is 0. The topological polar surface area (TPSA) is 32.3 Å². The second-order valence-corrected chi connectivity index (χ2v) is 6.79. The first-order valence-corrected chi connectivity index (χ1v) is 8.77. The van der Waals surface area contributed by atoms with Crippen molar-refractivity contribution in [1.29, 1.82) is 0 Å². The van der Waals surface area contributed by atoms with Gasteiger partial charge in [0, 0.05) is 25.6 Å². The van der Waals surface area contributed by atoms with Gasteiger partial charge in [-0.3, -0.25) is 4.79 Å². The van der Waals surface area contributed by atoms with Gasteiger partial charge in [0.1, 0.15) is 0 Å². The summed E-state index contributed by atoms with van der Waals surface area (Å²) < 4.78 is 0. The third-order valence-corrected chi connectivity index (χ3v) is 4.86. The fourth-order valence-corrected chi connectivity index (χ4v) is 3.56. The molecule has 1 saturated heterocycles. The fraction of sp³-hybridized carbons (Fsp3) is 0.381. The smallest absolute Gasteiger partial charge is 0.225 e. The second kappa shape index (κ2) is 9.02. The molecule has 4 heteroatoms. The number of nitrogens with one attached hydrogen (secondary N) is 1. The zero-order chi connectivity index (χ0) is 16.9. The Morgan fingerprint density at radius 1 is 1.12 bits per heavy atom. The molecule has 0 aliphatic carbocycles. The molecule has 0 saturated carbocycles. The van der Waals surface area contributed by atoms with Crippen molar-refractivity contribution in [3.05, 3.63) is 60.2 Å². The van der Waals surface area contributed by atoms with Crippen molar-refractivity contribution in [3.63, 3.8) is 0 Å². The van der Waals surface area contributed by atoms with Gasteiger partial charge >= 0.3 is 0 Å². The molecule has 25 heavy (non-hydrogen) atoms. The Kier molecular flexibility index (Phi) is 7.03. The van der Waals surface area contributed by atoms with Crippen LogP contribution in [0, 0.1) is 5.92 Å². The first kappa shape index (κ1) is 19.5. The van der Waals surface area contributed by atoms with Gasteiger partial charge in [0.15, 0.2) is 0 Å². The number of hydrogen-bond donors (Lipinski definition) is 1. The summed E-state index contributed by atoms with van der Waals surface area (Å²) >= 11 is 0. The Morgan fingerprint density at radius 2 is 1.80 bits per heavy atom. The third-order valence-electron chi connectivity index (χ3n) is 4.86. The summed E-state index contributed by atoms with van der Waals surface area (Å²) in [7, 11) is 1.93. The van der Waals surface area contributed by atoms with Crippen molar-refractivity contribution in [3.8, 4) is 11.1 Å². The lowest BCUT2D eigenvalue weighted by Gasteiger charge is -2.30. The number of benzene rings is 2. The maximum absolute atomic E-state index is 12.8. The van der Waals surface area contributed by atoms with E-state index in [-0.39, 0.29) is 24.2 Å². The molecule has 1 heterocycles. The summed E-state index contributed by atoms with van der Waals surface area (Å²) in [6.45, 7) is 3.75. The van der Waals surface area contributed by atoms with Crippen LogP contribution in [0.15, 0.2) is 54.6 Å². The quantitative estimate of drug-likeness (QED) is 0.891. The SMILES string of the molecule is C[C@H]1C[C@@H](C(=O)N(C)Cc2ccccc2-c2ccccc2)CCN1.Cl. The summed E-state index contributed by atoms with van der Waals surface area (Å²) in [6.07, 6.45) is 1.87. The van der Waals surface area contributed by atoms with Gasteiger partial charge in [-0.05, 0) is 43.0 Å². The monoisotopic (exact) mass is 358 g/mol. The molecule has 3 nitrogen and oxygen atoms in total. The Bertz CT molecular complexity index is 689. The van der Waals surface area contributed by atoms with Crippen LogP contribution in [0.4, 0.5) is 0 Å².